The molecule has 0 saturated carbocycles. The van der Waals surface area contributed by atoms with Gasteiger partial charge in [0.15, 0.2) is 0 Å². The highest BCUT2D eigenvalue weighted by Crippen LogP contribution is 2.38. The van der Waals surface area contributed by atoms with Crippen molar-refractivity contribution in [3.8, 4) is 0 Å². The lowest BCUT2D eigenvalue weighted by atomic mass is 10.0. The van der Waals surface area contributed by atoms with Gasteiger partial charge in [0.05, 0.1) is 5.52 Å². The molecule has 3 aromatic rings. The van der Waals surface area contributed by atoms with E-state index >= 15 is 0 Å². The van der Waals surface area contributed by atoms with Crippen molar-refractivity contribution in [2.75, 3.05) is 5.32 Å². The highest BCUT2D eigenvalue weighted by atomic mass is 35.6. The van der Waals surface area contributed by atoms with E-state index in [0.717, 1.165) is 21.9 Å². The number of anilines is 1. The number of rotatable bonds is 2. The van der Waals surface area contributed by atoms with Crippen molar-refractivity contribution in [1.29, 1.82) is 0 Å². The average Bonchev–Trinajstić information content (AvgIpc) is 2.86. The van der Waals surface area contributed by atoms with Crippen molar-refractivity contribution in [3.05, 3.63) is 41.5 Å². The second-order valence-electron chi connectivity index (χ2n) is 6.50. The van der Waals surface area contributed by atoms with Gasteiger partial charge in [-0.25, -0.2) is 0 Å². The van der Waals surface area contributed by atoms with Crippen molar-refractivity contribution in [3.63, 3.8) is 0 Å². The molecule has 0 fully saturated rings. The standard InChI is InChI=1S/C19H19Cl3N2O/c1-10(2)24-16-8-6-5-7-13(16)14-9-15(11(3)12(4)17(14)24)23-18(25)19(20,21)22/h5-10H,1-4H3,(H,23,25). The second-order valence-corrected chi connectivity index (χ2v) is 8.78. The van der Waals surface area contributed by atoms with Gasteiger partial charge in [-0.2, -0.15) is 0 Å². The zero-order valence-electron chi connectivity index (χ0n) is 14.5. The number of carbonyl (C=O) groups excluding carboxylic acids is 1. The van der Waals surface area contributed by atoms with E-state index < -0.39 is 9.70 Å². The summed E-state index contributed by atoms with van der Waals surface area (Å²) in [6.07, 6.45) is 0. The molecular formula is C19H19Cl3N2O. The van der Waals surface area contributed by atoms with Crippen LogP contribution in [0, 0.1) is 13.8 Å². The summed E-state index contributed by atoms with van der Waals surface area (Å²) < 4.78 is 0.328. The third kappa shape index (κ3) is 3.10. The molecule has 1 aromatic heterocycles. The number of fused-ring (bicyclic) bond motifs is 3. The second kappa shape index (κ2) is 6.39. The van der Waals surface area contributed by atoms with Crippen LogP contribution in [-0.2, 0) is 4.79 Å². The number of para-hydroxylation sites is 1. The number of hydrogen-bond donors (Lipinski definition) is 1. The summed E-state index contributed by atoms with van der Waals surface area (Å²) in [5.74, 6) is -0.660. The smallest absolute Gasteiger partial charge is 0.276 e. The Morgan fingerprint density at radius 2 is 1.72 bits per heavy atom. The lowest BCUT2D eigenvalue weighted by molar-refractivity contribution is -0.115. The fraction of sp³-hybridized carbons (Fsp3) is 0.316. The van der Waals surface area contributed by atoms with Gasteiger partial charge < -0.3 is 9.88 Å². The van der Waals surface area contributed by atoms with Gasteiger partial charge in [-0.05, 0) is 51.0 Å². The summed E-state index contributed by atoms with van der Waals surface area (Å²) in [5, 5.41) is 4.96. The Morgan fingerprint density at radius 1 is 1.08 bits per heavy atom. The molecule has 0 radical (unpaired) electrons. The van der Waals surface area contributed by atoms with Crippen LogP contribution in [-0.4, -0.2) is 14.3 Å². The molecule has 0 saturated heterocycles. The van der Waals surface area contributed by atoms with Crippen LogP contribution in [0.15, 0.2) is 30.3 Å². The number of amides is 1. The zero-order valence-corrected chi connectivity index (χ0v) is 16.7. The van der Waals surface area contributed by atoms with Crippen LogP contribution in [0.3, 0.4) is 0 Å². The lowest BCUT2D eigenvalue weighted by Crippen LogP contribution is -2.27. The number of halogens is 3. The summed E-state index contributed by atoms with van der Waals surface area (Å²) >= 11 is 17.1. The molecule has 25 heavy (non-hydrogen) atoms. The van der Waals surface area contributed by atoms with E-state index in [-0.39, 0.29) is 0 Å². The number of nitrogens with zero attached hydrogens (tertiary/aromatic N) is 1. The predicted molar refractivity (Wildman–Crippen MR) is 108 cm³/mol. The Balaban J connectivity index is 2.33. The Kier molecular flexibility index (Phi) is 4.69. The van der Waals surface area contributed by atoms with Gasteiger partial charge >= 0.3 is 0 Å². The lowest BCUT2D eigenvalue weighted by Gasteiger charge is -2.18. The van der Waals surface area contributed by atoms with Gasteiger partial charge in [0, 0.05) is 28.0 Å². The molecule has 0 spiro atoms. The van der Waals surface area contributed by atoms with Gasteiger partial charge in [-0.15, -0.1) is 0 Å². The van der Waals surface area contributed by atoms with Crippen molar-refractivity contribution in [2.45, 2.75) is 37.5 Å². The minimum Gasteiger partial charge on any atom is -0.338 e. The molecule has 0 aliphatic carbocycles. The van der Waals surface area contributed by atoms with E-state index in [1.807, 2.05) is 25.1 Å². The molecule has 1 amide bonds. The molecular weight excluding hydrogens is 379 g/mol. The van der Waals surface area contributed by atoms with Crippen molar-refractivity contribution in [1.82, 2.24) is 4.57 Å². The average molecular weight is 398 g/mol. The maximum atomic E-state index is 12.1. The topological polar surface area (TPSA) is 34.0 Å². The zero-order chi connectivity index (χ0) is 18.5. The van der Waals surface area contributed by atoms with Crippen molar-refractivity contribution < 1.29 is 4.79 Å². The summed E-state index contributed by atoms with van der Waals surface area (Å²) in [6.45, 7) is 8.35. The minimum atomic E-state index is -2.00. The van der Waals surface area contributed by atoms with E-state index in [4.69, 9.17) is 34.8 Å². The molecule has 0 atom stereocenters. The maximum Gasteiger partial charge on any atom is 0.276 e. The molecule has 0 aliphatic heterocycles. The van der Waals surface area contributed by atoms with Gasteiger partial charge in [0.25, 0.3) is 9.70 Å². The maximum absolute atomic E-state index is 12.1. The van der Waals surface area contributed by atoms with Crippen LogP contribution >= 0.6 is 34.8 Å². The number of alkyl halides is 3. The Labute approximate surface area is 161 Å². The number of aryl methyl sites for hydroxylation is 1. The number of benzene rings is 2. The molecule has 132 valence electrons. The normalized spacial score (nSPS) is 12.3. The molecule has 6 heteroatoms. The van der Waals surface area contributed by atoms with E-state index in [1.165, 1.54) is 11.0 Å². The molecule has 1 heterocycles. The first-order chi connectivity index (χ1) is 11.6. The predicted octanol–water partition coefficient (Wildman–Crippen LogP) is 6.30. The van der Waals surface area contributed by atoms with Gasteiger partial charge in [0.2, 0.25) is 0 Å². The van der Waals surface area contributed by atoms with Gasteiger partial charge in [0.1, 0.15) is 0 Å². The van der Waals surface area contributed by atoms with Crippen LogP contribution in [0.2, 0.25) is 0 Å². The van der Waals surface area contributed by atoms with Crippen LogP contribution in [0.1, 0.15) is 31.0 Å². The van der Waals surface area contributed by atoms with E-state index in [9.17, 15) is 4.79 Å². The first-order valence-electron chi connectivity index (χ1n) is 8.04. The highest BCUT2D eigenvalue weighted by Gasteiger charge is 2.31. The molecule has 0 aliphatic rings. The summed E-state index contributed by atoms with van der Waals surface area (Å²) in [5.41, 5.74) is 5.05. The summed E-state index contributed by atoms with van der Waals surface area (Å²) in [7, 11) is 0. The first-order valence-corrected chi connectivity index (χ1v) is 9.17. The van der Waals surface area contributed by atoms with Crippen molar-refractivity contribution >= 4 is 68.2 Å². The number of nitrogens with one attached hydrogen (secondary N) is 1. The van der Waals surface area contributed by atoms with Crippen LogP contribution in [0.4, 0.5) is 5.69 Å². The SMILES string of the molecule is Cc1c(NC(=O)C(Cl)(Cl)Cl)cc2c3ccccc3n(C(C)C)c2c1C. The number of hydrogen-bond acceptors (Lipinski definition) is 1. The van der Waals surface area contributed by atoms with Gasteiger partial charge in [-0.3, -0.25) is 4.79 Å². The van der Waals surface area contributed by atoms with E-state index in [0.29, 0.717) is 11.7 Å². The highest BCUT2D eigenvalue weighted by molar-refractivity contribution is 6.76. The van der Waals surface area contributed by atoms with Crippen LogP contribution < -0.4 is 5.32 Å². The molecule has 1 N–H and O–H groups in total. The quantitative estimate of drug-likeness (QED) is 0.506. The molecule has 0 unspecified atom stereocenters. The third-order valence-electron chi connectivity index (χ3n) is 4.58. The summed E-state index contributed by atoms with van der Waals surface area (Å²) in [4.78, 5) is 12.1. The van der Waals surface area contributed by atoms with Crippen molar-refractivity contribution in [2.24, 2.45) is 0 Å². The van der Waals surface area contributed by atoms with Gasteiger partial charge in [-0.1, -0.05) is 53.0 Å². The first kappa shape index (κ1) is 18.4. The minimum absolute atomic E-state index is 0.308. The Bertz CT molecular complexity index is 984. The number of aromatic nitrogens is 1. The van der Waals surface area contributed by atoms with E-state index in [2.05, 4.69) is 42.8 Å². The summed E-state index contributed by atoms with van der Waals surface area (Å²) in [6, 6.07) is 10.5. The molecule has 2 aromatic carbocycles. The largest absolute Gasteiger partial charge is 0.338 e. The fourth-order valence-electron chi connectivity index (χ4n) is 3.31. The van der Waals surface area contributed by atoms with Crippen LogP contribution in [0.5, 0.6) is 0 Å². The van der Waals surface area contributed by atoms with Crippen LogP contribution in [0.25, 0.3) is 21.8 Å². The molecule has 3 nitrogen and oxygen atoms in total. The third-order valence-corrected chi connectivity index (χ3v) is 5.10. The number of carbonyl (C=O) groups is 1. The monoisotopic (exact) mass is 396 g/mol. The fourth-order valence-corrected chi connectivity index (χ4v) is 3.45. The molecule has 3 rings (SSSR count). The Hall–Kier alpha value is -1.42. The Morgan fingerprint density at radius 3 is 2.32 bits per heavy atom. The molecule has 0 bridgehead atoms. The van der Waals surface area contributed by atoms with E-state index in [1.54, 1.807) is 0 Å².